The van der Waals surface area contributed by atoms with Gasteiger partial charge in [-0.3, -0.25) is 4.68 Å². The van der Waals surface area contributed by atoms with Crippen molar-refractivity contribution in [3.63, 3.8) is 0 Å². The van der Waals surface area contributed by atoms with E-state index >= 15 is 0 Å². The molecule has 1 atom stereocenters. The molecule has 1 aromatic rings. The highest BCUT2D eigenvalue weighted by Crippen LogP contribution is 2.23. The molecule has 0 radical (unpaired) electrons. The van der Waals surface area contributed by atoms with E-state index in [0.29, 0.717) is 6.42 Å². The van der Waals surface area contributed by atoms with Gasteiger partial charge >= 0.3 is 0 Å². The van der Waals surface area contributed by atoms with Gasteiger partial charge < -0.3 is 10.4 Å². The zero-order valence-electron chi connectivity index (χ0n) is 9.11. The lowest BCUT2D eigenvalue weighted by Crippen LogP contribution is -2.33. The molecule has 2 rings (SSSR count). The number of aliphatic hydroxyl groups is 1. The molecule has 1 aliphatic rings. The average molecular weight is 210 g/mol. The van der Waals surface area contributed by atoms with E-state index in [1.54, 1.807) is 4.68 Å². The van der Waals surface area contributed by atoms with E-state index in [0.717, 1.165) is 38.2 Å². The fourth-order valence-electron chi connectivity index (χ4n) is 2.06. The minimum Gasteiger partial charge on any atom is -0.389 e. The van der Waals surface area contributed by atoms with Gasteiger partial charge in [-0.1, -0.05) is 0 Å². The van der Waals surface area contributed by atoms with E-state index in [1.165, 1.54) is 6.33 Å². The molecule has 5 heteroatoms. The summed E-state index contributed by atoms with van der Waals surface area (Å²) in [6.07, 6.45) is 4.79. The van der Waals surface area contributed by atoms with Crippen LogP contribution in [-0.2, 0) is 13.5 Å². The predicted molar refractivity (Wildman–Crippen MR) is 56.4 cm³/mol. The summed E-state index contributed by atoms with van der Waals surface area (Å²) in [5.74, 6) is 0.861. The number of aryl methyl sites for hydroxylation is 1. The molecule has 5 nitrogen and oxygen atoms in total. The molecule has 0 saturated carbocycles. The van der Waals surface area contributed by atoms with Gasteiger partial charge in [0, 0.05) is 13.5 Å². The molecule has 1 unspecified atom stereocenters. The smallest absolute Gasteiger partial charge is 0.138 e. The third-order valence-corrected chi connectivity index (χ3v) is 3.06. The second-order valence-electron chi connectivity index (χ2n) is 4.30. The SMILES string of the molecule is Cn1ncnc1CC1(O)CCCNCC1. The molecule has 0 spiro atoms. The summed E-state index contributed by atoms with van der Waals surface area (Å²) in [6, 6.07) is 0. The van der Waals surface area contributed by atoms with Crippen molar-refractivity contribution in [3.05, 3.63) is 12.2 Å². The van der Waals surface area contributed by atoms with E-state index in [4.69, 9.17) is 0 Å². The third-order valence-electron chi connectivity index (χ3n) is 3.06. The molecule has 84 valence electrons. The molecular weight excluding hydrogens is 192 g/mol. The number of nitrogens with one attached hydrogen (secondary N) is 1. The Hall–Kier alpha value is -0.940. The maximum atomic E-state index is 10.4. The van der Waals surface area contributed by atoms with Crippen molar-refractivity contribution in [1.29, 1.82) is 0 Å². The maximum Gasteiger partial charge on any atom is 0.138 e. The molecular formula is C10H18N4O. The predicted octanol–water partition coefficient (Wildman–Crippen LogP) is -0.138. The Morgan fingerprint density at radius 2 is 2.40 bits per heavy atom. The molecule has 2 heterocycles. The normalized spacial score (nSPS) is 27.6. The molecule has 1 saturated heterocycles. The molecule has 2 N–H and O–H groups in total. The number of nitrogens with zero attached hydrogens (tertiary/aromatic N) is 3. The molecule has 1 aromatic heterocycles. The number of aromatic nitrogens is 3. The summed E-state index contributed by atoms with van der Waals surface area (Å²) in [4.78, 5) is 4.16. The molecule has 1 aliphatic heterocycles. The molecule has 0 bridgehead atoms. The lowest BCUT2D eigenvalue weighted by atomic mass is 9.91. The van der Waals surface area contributed by atoms with E-state index in [1.807, 2.05) is 7.05 Å². The first-order valence-corrected chi connectivity index (χ1v) is 5.46. The Morgan fingerprint density at radius 1 is 1.53 bits per heavy atom. The van der Waals surface area contributed by atoms with E-state index < -0.39 is 5.60 Å². The van der Waals surface area contributed by atoms with Gasteiger partial charge in [0.1, 0.15) is 12.2 Å². The monoisotopic (exact) mass is 210 g/mol. The van der Waals surface area contributed by atoms with Gasteiger partial charge in [-0.2, -0.15) is 5.10 Å². The molecule has 1 fully saturated rings. The first-order chi connectivity index (χ1) is 7.20. The van der Waals surface area contributed by atoms with Crippen LogP contribution in [0.3, 0.4) is 0 Å². The van der Waals surface area contributed by atoms with Gasteiger partial charge in [0.25, 0.3) is 0 Å². The Morgan fingerprint density at radius 3 is 3.13 bits per heavy atom. The van der Waals surface area contributed by atoms with Crippen LogP contribution in [0.25, 0.3) is 0 Å². The largest absolute Gasteiger partial charge is 0.389 e. The van der Waals surface area contributed by atoms with Crippen LogP contribution < -0.4 is 5.32 Å². The van der Waals surface area contributed by atoms with Crippen LogP contribution in [0.4, 0.5) is 0 Å². The van der Waals surface area contributed by atoms with Crippen molar-refractivity contribution in [3.8, 4) is 0 Å². The summed E-state index contributed by atoms with van der Waals surface area (Å²) in [6.45, 7) is 1.88. The number of hydrogen-bond donors (Lipinski definition) is 2. The van der Waals surface area contributed by atoms with E-state index in [-0.39, 0.29) is 0 Å². The Balaban J connectivity index is 2.05. The Bertz CT molecular complexity index is 315. The first-order valence-electron chi connectivity index (χ1n) is 5.46. The lowest BCUT2D eigenvalue weighted by Gasteiger charge is -2.25. The van der Waals surface area contributed by atoms with Gasteiger partial charge in [-0.25, -0.2) is 4.98 Å². The van der Waals surface area contributed by atoms with Crippen LogP contribution >= 0.6 is 0 Å². The summed E-state index contributed by atoms with van der Waals surface area (Å²) >= 11 is 0. The summed E-state index contributed by atoms with van der Waals surface area (Å²) in [5, 5.41) is 17.7. The highest BCUT2D eigenvalue weighted by Gasteiger charge is 2.29. The minimum atomic E-state index is -0.607. The fourth-order valence-corrected chi connectivity index (χ4v) is 2.06. The van der Waals surface area contributed by atoms with Crippen molar-refractivity contribution >= 4 is 0 Å². The van der Waals surface area contributed by atoms with Crippen molar-refractivity contribution in [1.82, 2.24) is 20.1 Å². The van der Waals surface area contributed by atoms with Crippen LogP contribution in [0, 0.1) is 0 Å². The fraction of sp³-hybridized carbons (Fsp3) is 0.800. The van der Waals surface area contributed by atoms with Gasteiger partial charge in [-0.05, 0) is 32.4 Å². The van der Waals surface area contributed by atoms with Gasteiger partial charge in [0.15, 0.2) is 0 Å². The van der Waals surface area contributed by atoms with Crippen LogP contribution in [0.2, 0.25) is 0 Å². The van der Waals surface area contributed by atoms with Gasteiger partial charge in [-0.15, -0.1) is 0 Å². The van der Waals surface area contributed by atoms with Crippen LogP contribution in [-0.4, -0.2) is 38.6 Å². The van der Waals surface area contributed by atoms with Crippen LogP contribution in [0.5, 0.6) is 0 Å². The summed E-state index contributed by atoms with van der Waals surface area (Å²) < 4.78 is 1.73. The quantitative estimate of drug-likeness (QED) is 0.713. The third kappa shape index (κ3) is 2.54. The second-order valence-corrected chi connectivity index (χ2v) is 4.30. The van der Waals surface area contributed by atoms with Crippen molar-refractivity contribution < 1.29 is 5.11 Å². The molecule has 0 amide bonds. The van der Waals surface area contributed by atoms with Crippen molar-refractivity contribution in [2.24, 2.45) is 7.05 Å². The van der Waals surface area contributed by atoms with Crippen molar-refractivity contribution in [2.45, 2.75) is 31.3 Å². The van der Waals surface area contributed by atoms with Crippen molar-refractivity contribution in [2.75, 3.05) is 13.1 Å². The second kappa shape index (κ2) is 4.28. The molecule has 0 aromatic carbocycles. The highest BCUT2D eigenvalue weighted by atomic mass is 16.3. The maximum absolute atomic E-state index is 10.4. The number of rotatable bonds is 2. The van der Waals surface area contributed by atoms with Crippen LogP contribution in [0.15, 0.2) is 6.33 Å². The van der Waals surface area contributed by atoms with Crippen LogP contribution in [0.1, 0.15) is 25.1 Å². The standard InChI is InChI=1S/C10H18N4O/c1-14-9(12-8-13-14)7-10(15)3-2-5-11-6-4-10/h8,11,15H,2-7H2,1H3. The Kier molecular flexibility index (Phi) is 3.02. The highest BCUT2D eigenvalue weighted by molar-refractivity contribution is 4.95. The first kappa shape index (κ1) is 10.6. The summed E-state index contributed by atoms with van der Waals surface area (Å²) in [5.41, 5.74) is -0.607. The topological polar surface area (TPSA) is 63.0 Å². The Labute approximate surface area is 89.5 Å². The molecule has 15 heavy (non-hydrogen) atoms. The number of hydrogen-bond acceptors (Lipinski definition) is 4. The zero-order chi connectivity index (χ0) is 10.7. The molecule has 0 aliphatic carbocycles. The van der Waals surface area contributed by atoms with Gasteiger partial charge in [0.2, 0.25) is 0 Å². The zero-order valence-corrected chi connectivity index (χ0v) is 9.11. The van der Waals surface area contributed by atoms with E-state index in [2.05, 4.69) is 15.4 Å². The summed E-state index contributed by atoms with van der Waals surface area (Å²) in [7, 11) is 1.86. The van der Waals surface area contributed by atoms with Gasteiger partial charge in [0.05, 0.1) is 5.60 Å². The average Bonchev–Trinajstić information content (AvgIpc) is 2.48. The minimum absolute atomic E-state index is 0.602. The van der Waals surface area contributed by atoms with E-state index in [9.17, 15) is 5.11 Å². The lowest BCUT2D eigenvalue weighted by molar-refractivity contribution is 0.0258.